The summed E-state index contributed by atoms with van der Waals surface area (Å²) in [6, 6.07) is 16.2. The quantitative estimate of drug-likeness (QED) is 0.109. The number of para-hydroxylation sites is 1. The number of esters is 1. The van der Waals surface area contributed by atoms with Crippen LogP contribution in [0.25, 0.3) is 0 Å². The number of carbonyl (C=O) groups is 6. The van der Waals surface area contributed by atoms with E-state index in [0.717, 1.165) is 25.7 Å². The predicted molar refractivity (Wildman–Crippen MR) is 222 cm³/mol. The van der Waals surface area contributed by atoms with E-state index < -0.39 is 65.6 Å². The molecule has 0 spiro atoms. The van der Waals surface area contributed by atoms with Gasteiger partial charge in [0.25, 0.3) is 11.1 Å². The maximum absolute atomic E-state index is 13.1. The Bertz CT molecular complexity index is 2420. The molecule has 6 atom stereocenters. The number of carbonyl (C=O) groups excluding carboxylic acids is 5. The molecule has 4 heterocycles. The monoisotopic (exact) mass is 848 g/mol. The first-order valence-electron chi connectivity index (χ1n) is 20.8. The normalized spacial score (nSPS) is 20.5. The second kappa shape index (κ2) is 20.5. The predicted octanol–water partition coefficient (Wildman–Crippen LogP) is 2.72. The highest BCUT2D eigenvalue weighted by Crippen LogP contribution is 2.29. The third-order valence-corrected chi connectivity index (χ3v) is 11.7. The topological polar surface area (TPSA) is 272 Å². The van der Waals surface area contributed by atoms with Crippen LogP contribution in [0.2, 0.25) is 0 Å². The van der Waals surface area contributed by atoms with E-state index in [0.29, 0.717) is 62.1 Å². The second-order valence-electron chi connectivity index (χ2n) is 15.8. The van der Waals surface area contributed by atoms with Crippen LogP contribution in [0.1, 0.15) is 87.7 Å². The lowest BCUT2D eigenvalue weighted by atomic mass is 9.98. The van der Waals surface area contributed by atoms with E-state index in [9.17, 15) is 48.9 Å². The van der Waals surface area contributed by atoms with Crippen molar-refractivity contribution in [2.45, 2.75) is 101 Å². The molecule has 0 bridgehead atoms. The number of fused-ring (bicyclic) bond motifs is 2. The summed E-state index contributed by atoms with van der Waals surface area (Å²) in [4.78, 5) is 98.0. The van der Waals surface area contributed by atoms with Crippen molar-refractivity contribution in [1.29, 1.82) is 10.5 Å². The minimum atomic E-state index is -1.10. The zero-order chi connectivity index (χ0) is 44.3. The number of anilines is 2. The number of hydrogen-bond donors (Lipinski definition) is 5. The molecule has 2 saturated carbocycles. The highest BCUT2D eigenvalue weighted by Gasteiger charge is 2.35. The molecule has 2 aromatic heterocycles. The van der Waals surface area contributed by atoms with Crippen molar-refractivity contribution >= 4 is 46.7 Å². The van der Waals surface area contributed by atoms with Crippen LogP contribution < -0.4 is 37.1 Å². The Morgan fingerprint density at radius 1 is 0.661 bits per heavy atom. The fourth-order valence-electron chi connectivity index (χ4n) is 8.53. The first-order chi connectivity index (χ1) is 29.9. The van der Waals surface area contributed by atoms with E-state index in [1.165, 1.54) is 15.2 Å². The van der Waals surface area contributed by atoms with E-state index in [4.69, 9.17) is 9.84 Å². The molecule has 18 nitrogen and oxygen atoms in total. The summed E-state index contributed by atoms with van der Waals surface area (Å²) >= 11 is 0. The molecule has 0 saturated heterocycles. The Morgan fingerprint density at radius 2 is 1.13 bits per heavy atom. The number of pyridine rings is 2. The highest BCUT2D eigenvalue weighted by atomic mass is 16.5. The van der Waals surface area contributed by atoms with E-state index >= 15 is 0 Å². The number of rotatable bonds is 15. The van der Waals surface area contributed by atoms with E-state index in [-0.39, 0.29) is 47.7 Å². The van der Waals surface area contributed by atoms with Crippen LogP contribution in [0.3, 0.4) is 0 Å². The molecule has 2 aliphatic heterocycles. The number of nitrogens with one attached hydrogen (secondary N) is 4. The average molecular weight is 849 g/mol. The summed E-state index contributed by atoms with van der Waals surface area (Å²) in [7, 11) is 0. The van der Waals surface area contributed by atoms with Crippen molar-refractivity contribution in [3.05, 3.63) is 86.7 Å². The van der Waals surface area contributed by atoms with Crippen molar-refractivity contribution in [3.63, 3.8) is 0 Å². The fraction of sp³-hybridized carbons (Fsp3) is 0.455. The van der Waals surface area contributed by atoms with Gasteiger partial charge in [-0.2, -0.15) is 10.5 Å². The Kier molecular flexibility index (Phi) is 14.7. The molecule has 18 heteroatoms. The summed E-state index contributed by atoms with van der Waals surface area (Å²) in [5.41, 5.74) is 0.812. The number of ketones is 2. The molecule has 1 aromatic carbocycles. The van der Waals surface area contributed by atoms with Crippen LogP contribution in [0.4, 0.5) is 11.4 Å². The first kappa shape index (κ1) is 44.5. The minimum absolute atomic E-state index is 0.110. The molecule has 2 fully saturated rings. The molecule has 4 aliphatic rings. The number of Topliss-reactive ketones (excluding diaryl/α,β-unsaturated/α-hetero) is 2. The Hall–Kier alpha value is -7.08. The second-order valence-corrected chi connectivity index (χ2v) is 15.8. The fourth-order valence-corrected chi connectivity index (χ4v) is 8.53. The highest BCUT2D eigenvalue weighted by molar-refractivity contribution is 5.85. The van der Waals surface area contributed by atoms with E-state index in [1.54, 1.807) is 48.5 Å². The van der Waals surface area contributed by atoms with Crippen LogP contribution in [0, 0.1) is 34.5 Å². The van der Waals surface area contributed by atoms with Crippen LogP contribution >= 0.6 is 0 Å². The molecule has 2 unspecified atom stereocenters. The summed E-state index contributed by atoms with van der Waals surface area (Å²) in [5.74, 6) is -2.23. The number of ether oxygens (including phenoxy) is 1. The lowest BCUT2D eigenvalue weighted by Gasteiger charge is -2.20. The third kappa shape index (κ3) is 10.8. The van der Waals surface area contributed by atoms with Gasteiger partial charge in [0.15, 0.2) is 0 Å². The average Bonchev–Trinajstić information content (AvgIpc) is 4.08. The Labute approximate surface area is 356 Å². The van der Waals surface area contributed by atoms with E-state index in [1.807, 2.05) is 6.07 Å². The summed E-state index contributed by atoms with van der Waals surface area (Å²) in [6.45, 7) is -0.621. The summed E-state index contributed by atoms with van der Waals surface area (Å²) < 4.78 is 7.99. The molecule has 7 rings (SSSR count). The van der Waals surface area contributed by atoms with Gasteiger partial charge >= 0.3 is 11.9 Å². The number of aliphatic carboxylic acids is 1. The van der Waals surface area contributed by atoms with Gasteiger partial charge in [-0.05, 0) is 101 Å². The summed E-state index contributed by atoms with van der Waals surface area (Å²) in [6.07, 6.45) is 6.65. The number of carboxylic acid groups (broad SMARTS) is 1. The Balaban J connectivity index is 0.000000211. The molecular weight excluding hydrogens is 801 g/mol. The smallest absolute Gasteiger partial charge is 0.330 e. The lowest BCUT2D eigenvalue weighted by molar-refractivity contribution is -0.135. The number of benzene rings is 1. The number of aromatic nitrogens is 2. The maximum Gasteiger partial charge on any atom is 0.330 e. The SMILES string of the molecule is N#C[C@H](C[C@@H]1CCCC1=O)NC(=O)C1CCc2ccc(NCC(=O)O)c(=O)n21.N#C[C@H](C[C@@H]1CCCC1=O)NC(=O)C1CCc2ccc(NCC(=O)Oc3ccccc3)c(=O)n21. The summed E-state index contributed by atoms with van der Waals surface area (Å²) in [5, 5.41) is 38.4. The molecule has 2 amide bonds. The van der Waals surface area contributed by atoms with Gasteiger partial charge < -0.3 is 31.1 Å². The van der Waals surface area contributed by atoms with Gasteiger partial charge in [0.2, 0.25) is 11.8 Å². The largest absolute Gasteiger partial charge is 0.480 e. The van der Waals surface area contributed by atoms with E-state index in [2.05, 4.69) is 27.3 Å². The molecule has 2 aliphatic carbocycles. The number of nitrogens with zero attached hydrogens (tertiary/aromatic N) is 4. The van der Waals surface area contributed by atoms with Gasteiger partial charge in [-0.25, -0.2) is 4.79 Å². The van der Waals surface area contributed by atoms with Crippen molar-refractivity contribution in [1.82, 2.24) is 19.8 Å². The molecular formula is C44H48N8O10. The number of aryl methyl sites for hydroxylation is 2. The number of carboxylic acids is 1. The van der Waals surface area contributed by atoms with Crippen molar-refractivity contribution in [3.8, 4) is 17.9 Å². The zero-order valence-corrected chi connectivity index (χ0v) is 34.0. The van der Waals surface area contributed by atoms with Crippen molar-refractivity contribution in [2.24, 2.45) is 11.8 Å². The molecule has 324 valence electrons. The van der Waals surface area contributed by atoms with Gasteiger partial charge in [-0.1, -0.05) is 18.2 Å². The van der Waals surface area contributed by atoms with Gasteiger partial charge in [0.05, 0.1) is 12.1 Å². The lowest BCUT2D eigenvalue weighted by Crippen LogP contribution is -2.42. The van der Waals surface area contributed by atoms with Gasteiger partial charge in [-0.15, -0.1) is 0 Å². The van der Waals surface area contributed by atoms with Gasteiger partial charge in [0, 0.05) is 36.1 Å². The van der Waals surface area contributed by atoms with Crippen LogP contribution in [0.5, 0.6) is 5.75 Å². The van der Waals surface area contributed by atoms with Crippen molar-refractivity contribution < 1.29 is 38.6 Å². The minimum Gasteiger partial charge on any atom is -0.480 e. The zero-order valence-electron chi connectivity index (χ0n) is 34.0. The molecule has 62 heavy (non-hydrogen) atoms. The van der Waals surface area contributed by atoms with Crippen LogP contribution in [-0.2, 0) is 41.6 Å². The maximum atomic E-state index is 13.1. The molecule has 3 aromatic rings. The van der Waals surface area contributed by atoms with Crippen LogP contribution in [0.15, 0.2) is 64.2 Å². The van der Waals surface area contributed by atoms with Crippen molar-refractivity contribution in [2.75, 3.05) is 23.7 Å². The Morgan fingerprint density at radius 3 is 1.55 bits per heavy atom. The number of amides is 2. The first-order valence-corrected chi connectivity index (χ1v) is 20.8. The molecule has 0 radical (unpaired) electrons. The van der Waals surface area contributed by atoms with Gasteiger partial charge in [-0.3, -0.25) is 42.7 Å². The molecule has 5 N–H and O–H groups in total. The number of nitriles is 2. The number of hydrogen-bond acceptors (Lipinski definition) is 13. The standard InChI is InChI=1S/C25H26N4O5.C19H22N4O5/c26-14-17(13-16-5-4-8-22(16)30)28-24(32)21-12-10-18-9-11-20(25(33)29(18)21)27-15-23(31)34-19-6-2-1-3-7-19;20-9-12(8-11-2-1-3-16(11)24)22-18(27)15-7-5-13-4-6-14(19(28)23(13)15)21-10-17(25)26/h1-3,6-7,9,11,16-17,21,27H,4-5,8,10,12-13,15H2,(H,28,32);4,6,11-12,15,21H,1-3,5,7-8,10H2,(H,22,27)(H,25,26)/t16-,17-,21?;11-,12-,15?/m00/s1. The van der Waals surface area contributed by atoms with Gasteiger partial charge in [0.1, 0.15) is 65.9 Å². The third-order valence-electron chi connectivity index (χ3n) is 11.7. The van der Waals surface area contributed by atoms with Crippen LogP contribution in [-0.4, -0.2) is 74.7 Å².